The van der Waals surface area contributed by atoms with Gasteiger partial charge < -0.3 is 0 Å². The molecule has 0 unspecified atom stereocenters. The van der Waals surface area contributed by atoms with Crippen LogP contribution in [0.3, 0.4) is 0 Å². The Bertz CT molecular complexity index is 352. The Kier molecular flexibility index (Phi) is 2.83. The van der Waals surface area contributed by atoms with Crippen molar-refractivity contribution >= 4 is 29.2 Å². The van der Waals surface area contributed by atoms with Crippen LogP contribution in [0.2, 0.25) is 10.0 Å². The summed E-state index contributed by atoms with van der Waals surface area (Å²) in [4.78, 5) is 10.1. The molecule has 70 valence electrons. The van der Waals surface area contributed by atoms with Gasteiger partial charge in [0.2, 0.25) is 0 Å². The van der Waals surface area contributed by atoms with Crippen LogP contribution in [0.15, 0.2) is 6.07 Å². The first-order valence-electron chi connectivity index (χ1n) is 2.98. The van der Waals surface area contributed by atoms with Crippen LogP contribution in [0, 0.1) is 11.6 Å². The number of rotatable bonds is 1. The monoisotopic (exact) mass is 228 g/mol. The van der Waals surface area contributed by atoms with Crippen LogP contribution in [-0.2, 0) is 0 Å². The molecule has 0 fully saturated rings. The van der Waals surface area contributed by atoms with Crippen LogP contribution >= 0.6 is 23.2 Å². The zero-order valence-corrected chi connectivity index (χ0v) is 7.39. The van der Waals surface area contributed by atoms with Crippen LogP contribution in [0.25, 0.3) is 0 Å². The average molecular weight is 229 g/mol. The summed E-state index contributed by atoms with van der Waals surface area (Å²) in [5.41, 5.74) is -1.36. The molecule has 0 radical (unpaired) electrons. The minimum Gasteiger partial charge on any atom is -0.255 e. The minimum atomic E-state index is -2.25. The number of carbonyl (C=O) groups is 1. The van der Waals surface area contributed by atoms with Crippen LogP contribution in [0.5, 0.6) is 0 Å². The standard InChI is InChI=1S/C7HCl2F3O/c8-2-1-3(9)6(11)4(5(2)10)7(12)13/h1H. The van der Waals surface area contributed by atoms with Crippen LogP contribution in [0.1, 0.15) is 10.4 Å². The maximum Gasteiger partial charge on any atom is 0.338 e. The Labute approximate surface area is 81.1 Å². The SMILES string of the molecule is O=C(F)c1c(F)c(Cl)cc(Cl)c1F. The number of hydrogen-bond acceptors (Lipinski definition) is 1. The highest BCUT2D eigenvalue weighted by atomic mass is 35.5. The highest BCUT2D eigenvalue weighted by Crippen LogP contribution is 2.28. The molecule has 0 aromatic heterocycles. The summed E-state index contributed by atoms with van der Waals surface area (Å²) in [5.74, 6) is -2.90. The van der Waals surface area contributed by atoms with E-state index in [9.17, 15) is 18.0 Å². The molecule has 1 rings (SSSR count). The lowest BCUT2D eigenvalue weighted by Gasteiger charge is -2.02. The van der Waals surface area contributed by atoms with E-state index >= 15 is 0 Å². The fourth-order valence-corrected chi connectivity index (χ4v) is 1.21. The average Bonchev–Trinajstić information content (AvgIpc) is 2.01. The molecule has 0 aliphatic rings. The van der Waals surface area contributed by atoms with Crippen molar-refractivity contribution in [2.24, 2.45) is 0 Å². The van der Waals surface area contributed by atoms with Gasteiger partial charge in [-0.1, -0.05) is 23.2 Å². The van der Waals surface area contributed by atoms with Gasteiger partial charge in [-0.3, -0.25) is 4.79 Å². The molecule has 1 aromatic carbocycles. The van der Waals surface area contributed by atoms with E-state index < -0.39 is 33.3 Å². The van der Waals surface area contributed by atoms with E-state index in [4.69, 9.17) is 23.2 Å². The Hall–Kier alpha value is -0.740. The van der Waals surface area contributed by atoms with Crippen molar-refractivity contribution in [2.45, 2.75) is 0 Å². The van der Waals surface area contributed by atoms with E-state index in [0.29, 0.717) is 0 Å². The second kappa shape index (κ2) is 3.55. The molecule has 0 saturated carbocycles. The van der Waals surface area contributed by atoms with E-state index in [1.54, 1.807) is 0 Å². The van der Waals surface area contributed by atoms with Gasteiger partial charge in [0.05, 0.1) is 10.0 Å². The third-order valence-electron chi connectivity index (χ3n) is 1.31. The van der Waals surface area contributed by atoms with Crippen molar-refractivity contribution in [3.05, 3.63) is 33.3 Å². The van der Waals surface area contributed by atoms with Gasteiger partial charge in [0.25, 0.3) is 0 Å². The summed E-state index contributed by atoms with van der Waals surface area (Å²) < 4.78 is 37.7. The minimum absolute atomic E-state index is 0.604. The summed E-state index contributed by atoms with van der Waals surface area (Å²) in [5, 5.41) is -1.21. The highest BCUT2D eigenvalue weighted by molar-refractivity contribution is 6.35. The van der Waals surface area contributed by atoms with E-state index in [2.05, 4.69) is 0 Å². The summed E-state index contributed by atoms with van der Waals surface area (Å²) in [6.07, 6.45) is 0. The van der Waals surface area contributed by atoms with Gasteiger partial charge in [0, 0.05) is 0 Å². The van der Waals surface area contributed by atoms with E-state index in [0.717, 1.165) is 6.07 Å². The van der Waals surface area contributed by atoms with Gasteiger partial charge >= 0.3 is 6.04 Å². The van der Waals surface area contributed by atoms with Gasteiger partial charge in [-0.05, 0) is 6.07 Å². The molecule has 1 aromatic rings. The first-order valence-corrected chi connectivity index (χ1v) is 3.73. The van der Waals surface area contributed by atoms with Gasteiger partial charge in [-0.15, -0.1) is 0 Å². The van der Waals surface area contributed by atoms with Gasteiger partial charge in [0.15, 0.2) is 11.6 Å². The van der Waals surface area contributed by atoms with Crippen molar-refractivity contribution < 1.29 is 18.0 Å². The molecule has 6 heteroatoms. The summed E-state index contributed by atoms with van der Waals surface area (Å²) in [6.45, 7) is 0. The fraction of sp³-hybridized carbons (Fsp3) is 0. The smallest absolute Gasteiger partial charge is 0.255 e. The largest absolute Gasteiger partial charge is 0.338 e. The van der Waals surface area contributed by atoms with Crippen LogP contribution < -0.4 is 0 Å². The zero-order chi connectivity index (χ0) is 10.2. The third kappa shape index (κ3) is 1.78. The fourth-order valence-electron chi connectivity index (χ4n) is 0.746. The predicted octanol–water partition coefficient (Wildman–Crippen LogP) is 3.38. The molecule has 0 spiro atoms. The van der Waals surface area contributed by atoms with E-state index in [-0.39, 0.29) is 0 Å². The van der Waals surface area contributed by atoms with E-state index in [1.807, 2.05) is 0 Å². The van der Waals surface area contributed by atoms with Crippen molar-refractivity contribution in [3.8, 4) is 0 Å². The molecule has 0 heterocycles. The Morgan fingerprint density at radius 3 is 1.85 bits per heavy atom. The zero-order valence-electron chi connectivity index (χ0n) is 5.88. The van der Waals surface area contributed by atoms with E-state index in [1.165, 1.54) is 0 Å². The molecule has 0 aliphatic heterocycles. The number of hydrogen-bond donors (Lipinski definition) is 0. The topological polar surface area (TPSA) is 17.1 Å². The predicted molar refractivity (Wildman–Crippen MR) is 41.8 cm³/mol. The van der Waals surface area contributed by atoms with Crippen molar-refractivity contribution in [1.82, 2.24) is 0 Å². The maximum atomic E-state index is 12.8. The molecule has 0 N–H and O–H groups in total. The molecule has 0 saturated heterocycles. The van der Waals surface area contributed by atoms with Gasteiger partial charge in [-0.25, -0.2) is 8.78 Å². The first-order chi connectivity index (χ1) is 5.95. The van der Waals surface area contributed by atoms with Gasteiger partial charge in [0.1, 0.15) is 5.56 Å². The third-order valence-corrected chi connectivity index (χ3v) is 1.86. The summed E-state index contributed by atoms with van der Waals surface area (Å²) >= 11 is 10.4. The molecule has 13 heavy (non-hydrogen) atoms. The number of carbonyl (C=O) groups excluding carboxylic acids is 1. The molecule has 0 aliphatic carbocycles. The molecule has 0 atom stereocenters. The Balaban J connectivity index is 3.56. The number of halogens is 5. The van der Waals surface area contributed by atoms with Crippen molar-refractivity contribution in [2.75, 3.05) is 0 Å². The molecule has 0 bridgehead atoms. The second-order valence-electron chi connectivity index (χ2n) is 2.12. The summed E-state index contributed by atoms with van der Waals surface area (Å²) in [7, 11) is 0. The lowest BCUT2D eigenvalue weighted by Crippen LogP contribution is -2.01. The molecular weight excluding hydrogens is 228 g/mol. The second-order valence-corrected chi connectivity index (χ2v) is 2.93. The Morgan fingerprint density at radius 2 is 1.54 bits per heavy atom. The van der Waals surface area contributed by atoms with Crippen molar-refractivity contribution in [3.63, 3.8) is 0 Å². The van der Waals surface area contributed by atoms with Crippen LogP contribution in [-0.4, -0.2) is 6.04 Å². The van der Waals surface area contributed by atoms with Crippen molar-refractivity contribution in [1.29, 1.82) is 0 Å². The summed E-state index contributed by atoms with van der Waals surface area (Å²) in [6, 6.07) is -1.50. The molecule has 0 amide bonds. The molecular formula is C7HCl2F3O. The first kappa shape index (κ1) is 10.3. The normalized spacial score (nSPS) is 10.2. The Morgan fingerprint density at radius 1 is 1.15 bits per heavy atom. The lowest BCUT2D eigenvalue weighted by atomic mass is 10.2. The number of benzene rings is 1. The van der Waals surface area contributed by atoms with Crippen LogP contribution in [0.4, 0.5) is 13.2 Å². The molecule has 1 nitrogen and oxygen atoms in total. The lowest BCUT2D eigenvalue weighted by molar-refractivity contribution is 0.0826. The van der Waals surface area contributed by atoms with Gasteiger partial charge in [-0.2, -0.15) is 4.39 Å². The highest BCUT2D eigenvalue weighted by Gasteiger charge is 2.22. The maximum absolute atomic E-state index is 12.8. The quantitative estimate of drug-likeness (QED) is 0.532.